The van der Waals surface area contributed by atoms with E-state index < -0.39 is 17.8 Å². The number of hydrogen-bond donors (Lipinski definition) is 1. The summed E-state index contributed by atoms with van der Waals surface area (Å²) in [4.78, 5) is 25.6. The van der Waals surface area contributed by atoms with Crippen LogP contribution in [0.25, 0.3) is 0 Å². The molecule has 1 saturated heterocycles. The van der Waals surface area contributed by atoms with Gasteiger partial charge in [0.15, 0.2) is 0 Å². The van der Waals surface area contributed by atoms with Crippen molar-refractivity contribution in [2.75, 3.05) is 6.54 Å². The molecule has 1 fully saturated rings. The number of carbonyl (C=O) groups excluding carboxylic acids is 2. The zero-order valence-corrected chi connectivity index (χ0v) is 13.9. The van der Waals surface area contributed by atoms with Crippen LogP contribution < -0.4 is 5.32 Å². The van der Waals surface area contributed by atoms with Crippen LogP contribution in [0.1, 0.15) is 39.2 Å². The molecule has 126 valence electrons. The first kappa shape index (κ1) is 17.1. The Morgan fingerprint density at radius 3 is 2.61 bits per heavy atom. The molecule has 1 aromatic carbocycles. The first-order chi connectivity index (χ1) is 10.8. The second-order valence-electron chi connectivity index (χ2n) is 6.54. The van der Waals surface area contributed by atoms with Gasteiger partial charge in [-0.1, -0.05) is 30.3 Å². The Balaban J connectivity index is 1.83. The molecule has 1 aliphatic heterocycles. The summed E-state index contributed by atoms with van der Waals surface area (Å²) in [7, 11) is 0. The van der Waals surface area contributed by atoms with E-state index in [0.29, 0.717) is 13.0 Å². The van der Waals surface area contributed by atoms with Crippen LogP contribution in [-0.2, 0) is 16.1 Å². The Kier molecular flexibility index (Phi) is 5.47. The van der Waals surface area contributed by atoms with Gasteiger partial charge in [0.05, 0.1) is 0 Å². The number of rotatable bonds is 3. The van der Waals surface area contributed by atoms with Crippen molar-refractivity contribution in [3.8, 4) is 0 Å². The average molecular weight is 320 g/mol. The molecule has 6 nitrogen and oxygen atoms in total. The molecule has 2 amide bonds. The summed E-state index contributed by atoms with van der Waals surface area (Å²) in [6.07, 6.45) is 0.188. The highest BCUT2D eigenvalue weighted by Gasteiger charge is 2.33. The summed E-state index contributed by atoms with van der Waals surface area (Å²) in [5, 5.41) is 2.73. The molecule has 0 spiro atoms. The second-order valence-corrected chi connectivity index (χ2v) is 6.54. The standard InChI is InChI=1S/C17H24N2O4/c1-17(2,3)23-16(21)19-11-7-10-14(19)18-15(20)22-12-13-8-5-4-6-9-13/h4-6,8-9,14H,7,10-12H2,1-3H3,(H,18,20). The largest absolute Gasteiger partial charge is 0.445 e. The van der Waals surface area contributed by atoms with Gasteiger partial charge in [-0.05, 0) is 39.2 Å². The smallest absolute Gasteiger partial charge is 0.411 e. The minimum Gasteiger partial charge on any atom is -0.445 e. The van der Waals surface area contributed by atoms with E-state index in [4.69, 9.17) is 9.47 Å². The summed E-state index contributed by atoms with van der Waals surface area (Å²) in [5.41, 5.74) is 0.357. The zero-order chi connectivity index (χ0) is 16.9. The third-order valence-electron chi connectivity index (χ3n) is 3.38. The monoisotopic (exact) mass is 320 g/mol. The van der Waals surface area contributed by atoms with Gasteiger partial charge < -0.3 is 14.8 Å². The van der Waals surface area contributed by atoms with Crippen LogP contribution in [0, 0.1) is 0 Å². The zero-order valence-electron chi connectivity index (χ0n) is 13.9. The number of amides is 2. The minimum atomic E-state index is -0.557. The van der Waals surface area contributed by atoms with Crippen LogP contribution in [-0.4, -0.2) is 35.4 Å². The molecule has 23 heavy (non-hydrogen) atoms. The van der Waals surface area contributed by atoms with E-state index in [0.717, 1.165) is 12.0 Å². The molecule has 2 rings (SSSR count). The molecule has 1 atom stereocenters. The van der Waals surface area contributed by atoms with Crippen LogP contribution in [0.4, 0.5) is 9.59 Å². The number of alkyl carbamates (subject to hydrolysis) is 1. The van der Waals surface area contributed by atoms with Gasteiger partial charge in [0.2, 0.25) is 0 Å². The maximum Gasteiger partial charge on any atom is 0.411 e. The number of ether oxygens (including phenoxy) is 2. The van der Waals surface area contributed by atoms with E-state index in [1.54, 1.807) is 0 Å². The fourth-order valence-electron chi connectivity index (χ4n) is 2.36. The highest BCUT2D eigenvalue weighted by atomic mass is 16.6. The Bertz CT molecular complexity index is 539. The van der Waals surface area contributed by atoms with Gasteiger partial charge in [-0.25, -0.2) is 9.59 Å². The lowest BCUT2D eigenvalue weighted by atomic mass is 10.2. The van der Waals surface area contributed by atoms with Crippen LogP contribution in [0.2, 0.25) is 0 Å². The van der Waals surface area contributed by atoms with E-state index in [1.807, 2.05) is 51.1 Å². The second kappa shape index (κ2) is 7.35. The third-order valence-corrected chi connectivity index (χ3v) is 3.38. The fraction of sp³-hybridized carbons (Fsp3) is 0.529. The lowest BCUT2D eigenvalue weighted by molar-refractivity contribution is 0.0197. The predicted octanol–water partition coefficient (Wildman–Crippen LogP) is 3.27. The molecular weight excluding hydrogens is 296 g/mol. The molecule has 1 aliphatic rings. The van der Waals surface area contributed by atoms with Crippen molar-refractivity contribution in [2.45, 2.75) is 52.0 Å². The first-order valence-electron chi connectivity index (χ1n) is 7.82. The summed E-state index contributed by atoms with van der Waals surface area (Å²) in [6.45, 7) is 6.22. The molecule has 1 unspecified atom stereocenters. The highest BCUT2D eigenvalue weighted by molar-refractivity contribution is 5.71. The topological polar surface area (TPSA) is 67.9 Å². The Labute approximate surface area is 136 Å². The predicted molar refractivity (Wildman–Crippen MR) is 85.7 cm³/mol. The molecule has 0 aliphatic carbocycles. The quantitative estimate of drug-likeness (QED) is 0.928. The third kappa shape index (κ3) is 5.47. The van der Waals surface area contributed by atoms with Gasteiger partial charge >= 0.3 is 12.2 Å². The summed E-state index contributed by atoms with van der Waals surface area (Å²) >= 11 is 0. The van der Waals surface area contributed by atoms with Crippen molar-refractivity contribution >= 4 is 12.2 Å². The molecule has 0 radical (unpaired) electrons. The Hall–Kier alpha value is -2.24. The number of likely N-dealkylation sites (tertiary alicyclic amines) is 1. The first-order valence-corrected chi connectivity index (χ1v) is 7.82. The number of benzene rings is 1. The summed E-state index contributed by atoms with van der Waals surface area (Å²) in [5.74, 6) is 0. The highest BCUT2D eigenvalue weighted by Crippen LogP contribution is 2.19. The van der Waals surface area contributed by atoms with Gasteiger partial charge in [0.1, 0.15) is 18.4 Å². The molecule has 1 aromatic rings. The molecule has 0 aromatic heterocycles. The van der Waals surface area contributed by atoms with Crippen LogP contribution in [0.3, 0.4) is 0 Å². The van der Waals surface area contributed by atoms with Crippen molar-refractivity contribution in [1.82, 2.24) is 10.2 Å². The lowest BCUT2D eigenvalue weighted by Gasteiger charge is -2.28. The van der Waals surface area contributed by atoms with Crippen molar-refractivity contribution in [3.63, 3.8) is 0 Å². The van der Waals surface area contributed by atoms with E-state index >= 15 is 0 Å². The molecule has 6 heteroatoms. The summed E-state index contributed by atoms with van der Waals surface area (Å²) < 4.78 is 10.5. The maximum absolute atomic E-state index is 12.1. The van der Waals surface area contributed by atoms with Crippen molar-refractivity contribution < 1.29 is 19.1 Å². The Morgan fingerprint density at radius 2 is 1.96 bits per heavy atom. The lowest BCUT2D eigenvalue weighted by Crippen LogP contribution is -2.48. The van der Waals surface area contributed by atoms with Crippen LogP contribution >= 0.6 is 0 Å². The fourth-order valence-corrected chi connectivity index (χ4v) is 2.36. The van der Waals surface area contributed by atoms with Gasteiger partial charge in [0.25, 0.3) is 0 Å². The van der Waals surface area contributed by atoms with Crippen LogP contribution in [0.15, 0.2) is 30.3 Å². The minimum absolute atomic E-state index is 0.200. The van der Waals surface area contributed by atoms with Gasteiger partial charge in [-0.15, -0.1) is 0 Å². The van der Waals surface area contributed by atoms with E-state index in [2.05, 4.69) is 5.32 Å². The van der Waals surface area contributed by atoms with E-state index in [1.165, 1.54) is 4.90 Å². The SMILES string of the molecule is CC(C)(C)OC(=O)N1CCCC1NC(=O)OCc1ccccc1. The molecule has 1 N–H and O–H groups in total. The van der Waals surface area contributed by atoms with Gasteiger partial charge in [-0.2, -0.15) is 0 Å². The van der Waals surface area contributed by atoms with Crippen molar-refractivity contribution in [1.29, 1.82) is 0 Å². The average Bonchev–Trinajstić information content (AvgIpc) is 2.93. The van der Waals surface area contributed by atoms with Crippen molar-refractivity contribution in [2.24, 2.45) is 0 Å². The van der Waals surface area contributed by atoms with Gasteiger partial charge in [0, 0.05) is 6.54 Å². The van der Waals surface area contributed by atoms with E-state index in [9.17, 15) is 9.59 Å². The van der Waals surface area contributed by atoms with Crippen molar-refractivity contribution in [3.05, 3.63) is 35.9 Å². The Morgan fingerprint density at radius 1 is 1.26 bits per heavy atom. The maximum atomic E-state index is 12.1. The number of nitrogens with one attached hydrogen (secondary N) is 1. The number of carbonyl (C=O) groups is 2. The van der Waals surface area contributed by atoms with Gasteiger partial charge in [-0.3, -0.25) is 4.90 Å². The van der Waals surface area contributed by atoms with E-state index in [-0.39, 0.29) is 12.8 Å². The molecule has 0 bridgehead atoms. The molecular formula is C17H24N2O4. The normalized spacial score (nSPS) is 17.7. The number of nitrogens with zero attached hydrogens (tertiary/aromatic N) is 1. The summed E-state index contributed by atoms with van der Waals surface area (Å²) in [6, 6.07) is 9.45. The molecule has 0 saturated carbocycles. The molecule has 1 heterocycles. The van der Waals surface area contributed by atoms with Crippen LogP contribution in [0.5, 0.6) is 0 Å². The number of hydrogen-bond acceptors (Lipinski definition) is 4.